The molecule has 2 aromatic heterocycles. The molecule has 0 radical (unpaired) electrons. The van der Waals surface area contributed by atoms with Crippen LogP contribution in [0.4, 0.5) is 0 Å². The van der Waals surface area contributed by atoms with E-state index in [1.807, 2.05) is 41.6 Å². The van der Waals surface area contributed by atoms with Gasteiger partial charge in [0.15, 0.2) is 0 Å². The molecule has 6 nitrogen and oxygen atoms in total. The lowest BCUT2D eigenvalue weighted by Crippen LogP contribution is -2.16. The molecule has 3 aromatic rings. The predicted octanol–water partition coefficient (Wildman–Crippen LogP) is 2.84. The van der Waals surface area contributed by atoms with Gasteiger partial charge in [0.25, 0.3) is 0 Å². The molecule has 0 aliphatic rings. The monoisotopic (exact) mass is 334 g/mol. The summed E-state index contributed by atoms with van der Waals surface area (Å²) in [6.45, 7) is 3.27. The van der Waals surface area contributed by atoms with Gasteiger partial charge in [-0.3, -0.25) is 4.68 Å². The van der Waals surface area contributed by atoms with Gasteiger partial charge in [0, 0.05) is 42.8 Å². The second-order valence-corrected chi connectivity index (χ2v) is 5.87. The van der Waals surface area contributed by atoms with Crippen molar-refractivity contribution in [2.45, 2.75) is 32.5 Å². The van der Waals surface area contributed by atoms with Crippen LogP contribution < -0.4 is 5.32 Å². The number of benzene rings is 1. The van der Waals surface area contributed by atoms with Gasteiger partial charge in [-0.15, -0.1) is 0 Å². The average molecular weight is 334 g/mol. The minimum atomic E-state index is 0.466. The molecule has 0 bridgehead atoms. The standard InChI is InChI=1S/C19H22N6/c20-8-4-12-25-15-18(19(23-25)17-6-2-1-3-7-17)14-21-9-5-11-24-13-10-22-16-24/h1-3,6-7,10,13,15-16,21H,4-5,9,11-12,14H2. The SMILES string of the molecule is N#CCCn1cc(CNCCCn2ccnc2)c(-c2ccccc2)n1. The fourth-order valence-electron chi connectivity index (χ4n) is 2.74. The van der Waals surface area contributed by atoms with Gasteiger partial charge in [0.05, 0.1) is 31.1 Å². The van der Waals surface area contributed by atoms with Crippen molar-refractivity contribution in [3.05, 3.63) is 60.8 Å². The maximum atomic E-state index is 8.79. The van der Waals surface area contributed by atoms with E-state index < -0.39 is 0 Å². The Morgan fingerprint density at radius 1 is 1.16 bits per heavy atom. The molecule has 0 amide bonds. The molecule has 1 aromatic carbocycles. The Labute approximate surface area is 147 Å². The van der Waals surface area contributed by atoms with Crippen LogP contribution in [-0.2, 0) is 19.6 Å². The van der Waals surface area contributed by atoms with E-state index in [0.717, 1.165) is 42.9 Å². The van der Waals surface area contributed by atoms with Gasteiger partial charge in [0.1, 0.15) is 0 Å². The molecule has 25 heavy (non-hydrogen) atoms. The van der Waals surface area contributed by atoms with Crippen LogP contribution in [0.25, 0.3) is 11.3 Å². The lowest BCUT2D eigenvalue weighted by atomic mass is 10.1. The molecule has 3 rings (SSSR count). The Kier molecular flexibility index (Phi) is 5.96. The maximum Gasteiger partial charge on any atom is 0.0968 e. The van der Waals surface area contributed by atoms with Gasteiger partial charge in [-0.2, -0.15) is 10.4 Å². The van der Waals surface area contributed by atoms with Crippen molar-refractivity contribution in [2.24, 2.45) is 0 Å². The summed E-state index contributed by atoms with van der Waals surface area (Å²) in [4.78, 5) is 4.05. The van der Waals surface area contributed by atoms with E-state index in [1.165, 1.54) is 0 Å². The van der Waals surface area contributed by atoms with Gasteiger partial charge in [-0.25, -0.2) is 4.98 Å². The van der Waals surface area contributed by atoms with Crippen LogP contribution in [0.5, 0.6) is 0 Å². The largest absolute Gasteiger partial charge is 0.337 e. The Bertz CT molecular complexity index is 798. The Balaban J connectivity index is 1.60. The zero-order valence-electron chi connectivity index (χ0n) is 14.2. The first kappa shape index (κ1) is 16.9. The van der Waals surface area contributed by atoms with Gasteiger partial charge >= 0.3 is 0 Å². The van der Waals surface area contributed by atoms with E-state index in [9.17, 15) is 0 Å². The molecule has 1 N–H and O–H groups in total. The van der Waals surface area contributed by atoms with E-state index >= 15 is 0 Å². The molecule has 2 heterocycles. The number of rotatable bonds is 9. The molecule has 128 valence electrons. The topological polar surface area (TPSA) is 71.5 Å². The van der Waals surface area contributed by atoms with E-state index in [2.05, 4.69) is 38.2 Å². The van der Waals surface area contributed by atoms with E-state index in [0.29, 0.717) is 13.0 Å². The third-order valence-electron chi connectivity index (χ3n) is 3.98. The number of nitriles is 1. The summed E-state index contributed by atoms with van der Waals surface area (Å²) in [5.74, 6) is 0. The molecular weight excluding hydrogens is 312 g/mol. The number of nitrogens with zero attached hydrogens (tertiary/aromatic N) is 5. The summed E-state index contributed by atoms with van der Waals surface area (Å²) in [5, 5.41) is 17.0. The number of aryl methyl sites for hydroxylation is 2. The van der Waals surface area contributed by atoms with Gasteiger partial charge in [-0.05, 0) is 13.0 Å². The molecule has 0 fully saturated rings. The van der Waals surface area contributed by atoms with Crippen molar-refractivity contribution in [3.8, 4) is 17.3 Å². The van der Waals surface area contributed by atoms with Crippen LogP contribution in [0.15, 0.2) is 55.2 Å². The zero-order valence-corrected chi connectivity index (χ0v) is 14.2. The van der Waals surface area contributed by atoms with Crippen molar-refractivity contribution >= 4 is 0 Å². The van der Waals surface area contributed by atoms with Crippen molar-refractivity contribution < 1.29 is 0 Å². The van der Waals surface area contributed by atoms with E-state index in [1.54, 1.807) is 6.20 Å². The van der Waals surface area contributed by atoms with Crippen molar-refractivity contribution in [1.82, 2.24) is 24.6 Å². The summed E-state index contributed by atoms with van der Waals surface area (Å²) in [7, 11) is 0. The molecule has 6 heteroatoms. The van der Waals surface area contributed by atoms with E-state index in [-0.39, 0.29) is 0 Å². The summed E-state index contributed by atoms with van der Waals surface area (Å²) in [6.07, 6.45) is 9.17. The number of aromatic nitrogens is 4. The maximum absolute atomic E-state index is 8.79. The molecule has 0 atom stereocenters. The first-order chi connectivity index (χ1) is 12.4. The third kappa shape index (κ3) is 4.78. The Morgan fingerprint density at radius 2 is 2.04 bits per heavy atom. The number of hydrogen-bond acceptors (Lipinski definition) is 4. The van der Waals surface area contributed by atoms with Crippen molar-refractivity contribution in [3.63, 3.8) is 0 Å². The predicted molar refractivity (Wildman–Crippen MR) is 96.4 cm³/mol. The second kappa shape index (κ2) is 8.81. The Morgan fingerprint density at radius 3 is 2.80 bits per heavy atom. The summed E-state index contributed by atoms with van der Waals surface area (Å²) in [5.41, 5.74) is 3.25. The highest BCUT2D eigenvalue weighted by molar-refractivity contribution is 5.62. The van der Waals surface area contributed by atoms with Gasteiger partial charge in [0.2, 0.25) is 0 Å². The molecule has 0 aliphatic heterocycles. The fourth-order valence-corrected chi connectivity index (χ4v) is 2.74. The quantitative estimate of drug-likeness (QED) is 0.611. The van der Waals surface area contributed by atoms with Crippen LogP contribution in [0.3, 0.4) is 0 Å². The first-order valence-electron chi connectivity index (χ1n) is 8.52. The van der Waals surface area contributed by atoms with Crippen LogP contribution in [-0.4, -0.2) is 25.9 Å². The lowest BCUT2D eigenvalue weighted by molar-refractivity contribution is 0.580. The number of nitrogens with one attached hydrogen (secondary N) is 1. The minimum absolute atomic E-state index is 0.466. The minimum Gasteiger partial charge on any atom is -0.337 e. The highest BCUT2D eigenvalue weighted by Crippen LogP contribution is 2.21. The molecular formula is C19H22N6. The number of hydrogen-bond donors (Lipinski definition) is 1. The first-order valence-corrected chi connectivity index (χ1v) is 8.52. The molecule has 0 saturated heterocycles. The highest BCUT2D eigenvalue weighted by Gasteiger charge is 2.10. The third-order valence-corrected chi connectivity index (χ3v) is 3.98. The average Bonchev–Trinajstić information content (AvgIpc) is 3.30. The van der Waals surface area contributed by atoms with Crippen LogP contribution in [0.2, 0.25) is 0 Å². The van der Waals surface area contributed by atoms with Gasteiger partial charge < -0.3 is 9.88 Å². The lowest BCUT2D eigenvalue weighted by Gasteiger charge is -2.06. The normalized spacial score (nSPS) is 10.7. The highest BCUT2D eigenvalue weighted by atomic mass is 15.3. The van der Waals surface area contributed by atoms with Crippen LogP contribution >= 0.6 is 0 Å². The number of imidazole rings is 1. The summed E-state index contributed by atoms with van der Waals surface area (Å²) in [6, 6.07) is 12.4. The van der Waals surface area contributed by atoms with Crippen molar-refractivity contribution in [1.29, 1.82) is 5.26 Å². The molecule has 0 spiro atoms. The summed E-state index contributed by atoms with van der Waals surface area (Å²) >= 11 is 0. The smallest absolute Gasteiger partial charge is 0.0968 e. The fraction of sp³-hybridized carbons (Fsp3) is 0.316. The Hall–Kier alpha value is -2.91. The van der Waals surface area contributed by atoms with Crippen molar-refractivity contribution in [2.75, 3.05) is 6.54 Å². The second-order valence-electron chi connectivity index (χ2n) is 5.87. The van der Waals surface area contributed by atoms with Crippen LogP contribution in [0.1, 0.15) is 18.4 Å². The zero-order chi connectivity index (χ0) is 17.3. The molecule has 0 unspecified atom stereocenters. The van der Waals surface area contributed by atoms with E-state index in [4.69, 9.17) is 5.26 Å². The molecule has 0 aliphatic carbocycles. The summed E-state index contributed by atoms with van der Waals surface area (Å²) < 4.78 is 3.95. The molecule has 0 saturated carbocycles. The van der Waals surface area contributed by atoms with Crippen LogP contribution in [0, 0.1) is 11.3 Å². The van der Waals surface area contributed by atoms with Gasteiger partial charge in [-0.1, -0.05) is 30.3 Å².